The van der Waals surface area contributed by atoms with Gasteiger partial charge < -0.3 is 26.3 Å². The van der Waals surface area contributed by atoms with E-state index in [0.717, 1.165) is 25.7 Å². The molecule has 44 heavy (non-hydrogen) atoms. The molecule has 12 heteroatoms. The number of halogens is 3. The van der Waals surface area contributed by atoms with Crippen LogP contribution in [-0.2, 0) is 10.2 Å². The fraction of sp³-hybridized carbons (Fsp3) is 0.375. The van der Waals surface area contributed by atoms with Crippen molar-refractivity contribution in [1.29, 1.82) is 0 Å². The molecule has 1 aliphatic heterocycles. The Labute approximate surface area is 264 Å². The number of ether oxygens (including phenoxy) is 2. The molecular weight excluding hydrogens is 608 g/mol. The first kappa shape index (κ1) is 30.1. The van der Waals surface area contributed by atoms with Gasteiger partial charge in [0.05, 0.1) is 28.9 Å². The Kier molecular flexibility index (Phi) is 7.92. The second-order valence-corrected chi connectivity index (χ2v) is 12.6. The molecule has 5 N–H and O–H groups in total. The van der Waals surface area contributed by atoms with E-state index in [4.69, 9.17) is 49.1 Å². The van der Waals surface area contributed by atoms with Crippen LogP contribution in [0.2, 0.25) is 10.0 Å². The minimum atomic E-state index is -1.13. The minimum absolute atomic E-state index is 0.0124. The first-order chi connectivity index (χ1) is 21.0. The number of primary amides is 1. The van der Waals surface area contributed by atoms with Gasteiger partial charge in [0.1, 0.15) is 35.0 Å². The summed E-state index contributed by atoms with van der Waals surface area (Å²) < 4.78 is 25.6. The lowest BCUT2D eigenvalue weighted by atomic mass is 9.82. The number of methoxy groups -OCH3 is 1. The summed E-state index contributed by atoms with van der Waals surface area (Å²) in [5.41, 5.74) is 14.2. The van der Waals surface area contributed by atoms with Crippen LogP contribution < -0.4 is 26.3 Å². The summed E-state index contributed by atoms with van der Waals surface area (Å²) in [5, 5.41) is 2.79. The van der Waals surface area contributed by atoms with Gasteiger partial charge in [0.15, 0.2) is 0 Å². The van der Waals surface area contributed by atoms with Gasteiger partial charge in [-0.2, -0.15) is 0 Å². The van der Waals surface area contributed by atoms with Gasteiger partial charge in [0, 0.05) is 46.6 Å². The van der Waals surface area contributed by atoms with Gasteiger partial charge >= 0.3 is 0 Å². The Balaban J connectivity index is 1.35. The molecule has 2 aliphatic carbocycles. The van der Waals surface area contributed by atoms with E-state index >= 15 is 0 Å². The normalized spacial score (nSPS) is 19.8. The molecule has 2 atom stereocenters. The number of nitrogens with zero attached hydrogens (tertiary/aromatic N) is 2. The molecule has 0 spiro atoms. The number of amides is 2. The number of nitrogens with one attached hydrogen (secondary N) is 1. The molecule has 2 aromatic carbocycles. The van der Waals surface area contributed by atoms with E-state index < -0.39 is 17.1 Å². The third-order valence-electron chi connectivity index (χ3n) is 8.61. The summed E-state index contributed by atoms with van der Waals surface area (Å²) in [5.74, 6) is -0.776. The maximum atomic E-state index is 14.2. The van der Waals surface area contributed by atoms with Crippen LogP contribution in [-0.4, -0.2) is 49.3 Å². The number of aliphatic imine (C=N–C) groups is 1. The second kappa shape index (κ2) is 11.6. The smallest absolute Gasteiger partial charge is 0.251 e. The molecule has 0 unspecified atom stereocenters. The third-order valence-corrected chi connectivity index (χ3v) is 9.47. The van der Waals surface area contributed by atoms with Gasteiger partial charge in [0.2, 0.25) is 5.91 Å². The van der Waals surface area contributed by atoms with E-state index in [-0.39, 0.29) is 40.9 Å². The molecule has 2 saturated carbocycles. The molecule has 0 saturated heterocycles. The van der Waals surface area contributed by atoms with Crippen LogP contribution in [0, 0.1) is 11.7 Å². The van der Waals surface area contributed by atoms with E-state index in [1.165, 1.54) is 19.2 Å². The number of rotatable bonds is 10. The zero-order valence-corrected chi connectivity index (χ0v) is 25.8. The number of nitrogens with two attached hydrogens (primary N) is 2. The van der Waals surface area contributed by atoms with Crippen LogP contribution in [0.4, 0.5) is 10.1 Å². The highest BCUT2D eigenvalue weighted by atomic mass is 35.5. The van der Waals surface area contributed by atoms with E-state index in [2.05, 4.69) is 10.3 Å². The van der Waals surface area contributed by atoms with Crippen LogP contribution in [0.15, 0.2) is 35.3 Å². The fourth-order valence-corrected chi connectivity index (χ4v) is 5.88. The molecule has 3 aliphatic rings. The van der Waals surface area contributed by atoms with Crippen molar-refractivity contribution < 1.29 is 23.5 Å². The summed E-state index contributed by atoms with van der Waals surface area (Å²) in [6, 6.07) is 8.11. The van der Waals surface area contributed by atoms with E-state index in [9.17, 15) is 14.0 Å². The highest BCUT2D eigenvalue weighted by molar-refractivity contribution is 6.43. The van der Waals surface area contributed by atoms with Crippen LogP contribution in [0.1, 0.15) is 65.7 Å². The zero-order chi connectivity index (χ0) is 31.3. The van der Waals surface area contributed by atoms with Crippen molar-refractivity contribution in [3.63, 3.8) is 0 Å². The van der Waals surface area contributed by atoms with Crippen molar-refractivity contribution in [3.05, 3.63) is 68.6 Å². The Morgan fingerprint density at radius 3 is 2.64 bits per heavy atom. The number of fused-ring (bicyclic) bond motifs is 1. The predicted octanol–water partition coefficient (Wildman–Crippen LogP) is 5.43. The number of hydrogen-bond acceptors (Lipinski definition) is 7. The summed E-state index contributed by atoms with van der Waals surface area (Å²) in [4.78, 5) is 35.5. The average Bonchev–Trinajstić information content (AvgIpc) is 3.95. The number of carbonyl (C=O) groups is 2. The molecule has 0 bridgehead atoms. The molecule has 2 heterocycles. The number of aromatic nitrogens is 1. The minimum Gasteiger partial charge on any atom is -0.495 e. The summed E-state index contributed by atoms with van der Waals surface area (Å²) >= 11 is 12.6. The first-order valence-electron chi connectivity index (χ1n) is 14.4. The molecule has 1 aromatic heterocycles. The van der Waals surface area contributed by atoms with Crippen molar-refractivity contribution in [1.82, 2.24) is 10.3 Å². The quantitative estimate of drug-likeness (QED) is 0.153. The predicted molar refractivity (Wildman–Crippen MR) is 168 cm³/mol. The lowest BCUT2D eigenvalue weighted by Crippen LogP contribution is -2.40. The molecule has 3 aromatic rings. The molecule has 6 rings (SSSR count). The summed E-state index contributed by atoms with van der Waals surface area (Å²) in [7, 11) is 1.50. The van der Waals surface area contributed by atoms with Gasteiger partial charge in [-0.15, -0.1) is 0 Å². The highest BCUT2D eigenvalue weighted by Crippen LogP contribution is 2.50. The van der Waals surface area contributed by atoms with Gasteiger partial charge in [0.25, 0.3) is 5.91 Å². The summed E-state index contributed by atoms with van der Waals surface area (Å²) in [6.07, 6.45) is 5.66. The lowest BCUT2D eigenvalue weighted by Gasteiger charge is -2.22. The third kappa shape index (κ3) is 5.57. The largest absolute Gasteiger partial charge is 0.495 e. The van der Waals surface area contributed by atoms with E-state index in [0.29, 0.717) is 56.9 Å². The zero-order valence-electron chi connectivity index (χ0n) is 24.3. The number of benzene rings is 2. The maximum absolute atomic E-state index is 14.2. The van der Waals surface area contributed by atoms with Crippen molar-refractivity contribution in [2.45, 2.75) is 50.0 Å². The maximum Gasteiger partial charge on any atom is 0.251 e. The molecule has 9 nitrogen and oxygen atoms in total. The van der Waals surface area contributed by atoms with Gasteiger partial charge in [-0.05, 0) is 68.9 Å². The SMILES string of the molecule is COc1cc(C(=O)NC[C@H](c2cc3c(c(-c4ccc(F)c(Cl)c4Cl)n2)OC[C@]3(C)C(N)=O)C2CC2)cc(C=NC2CC2)c1N. The van der Waals surface area contributed by atoms with Gasteiger partial charge in [-0.1, -0.05) is 23.2 Å². The van der Waals surface area contributed by atoms with E-state index in [1.54, 1.807) is 25.3 Å². The number of carbonyl (C=O) groups excluding carboxylic acids is 2. The number of hydrogen-bond donors (Lipinski definition) is 3. The van der Waals surface area contributed by atoms with Crippen molar-refractivity contribution in [2.75, 3.05) is 26.0 Å². The molecular formula is C32H32Cl2FN5O4. The van der Waals surface area contributed by atoms with Crippen LogP contribution >= 0.6 is 23.2 Å². The van der Waals surface area contributed by atoms with Gasteiger partial charge in [-0.25, -0.2) is 9.37 Å². The van der Waals surface area contributed by atoms with E-state index in [1.807, 2.05) is 6.07 Å². The number of pyridine rings is 1. The van der Waals surface area contributed by atoms with Crippen LogP contribution in [0.3, 0.4) is 0 Å². The number of anilines is 1. The Morgan fingerprint density at radius 1 is 1.23 bits per heavy atom. The first-order valence-corrected chi connectivity index (χ1v) is 15.2. The molecule has 2 fully saturated rings. The van der Waals surface area contributed by atoms with Crippen LogP contribution in [0.5, 0.6) is 11.5 Å². The topological polar surface area (TPSA) is 142 Å². The molecule has 2 amide bonds. The highest BCUT2D eigenvalue weighted by Gasteiger charge is 2.45. The van der Waals surface area contributed by atoms with Crippen LogP contribution in [0.25, 0.3) is 11.3 Å². The Hall–Kier alpha value is -3.89. The fourth-order valence-electron chi connectivity index (χ4n) is 5.47. The Bertz CT molecular complexity index is 1710. The van der Waals surface area contributed by atoms with Crippen molar-refractivity contribution >= 4 is 46.9 Å². The number of nitrogen functional groups attached to an aromatic ring is 1. The summed E-state index contributed by atoms with van der Waals surface area (Å²) in [6.45, 7) is 1.98. The van der Waals surface area contributed by atoms with Crippen molar-refractivity contribution in [2.24, 2.45) is 16.6 Å². The monoisotopic (exact) mass is 639 g/mol. The molecule has 0 radical (unpaired) electrons. The average molecular weight is 641 g/mol. The lowest BCUT2D eigenvalue weighted by molar-refractivity contribution is -0.123. The van der Waals surface area contributed by atoms with Crippen molar-refractivity contribution in [3.8, 4) is 22.8 Å². The van der Waals surface area contributed by atoms with Gasteiger partial charge in [-0.3, -0.25) is 14.6 Å². The Morgan fingerprint density at radius 2 is 1.98 bits per heavy atom. The standard InChI is InChI=1S/C32H32Cl2FN5O4/c1-32(31(37)42)14-44-29-21(32)11-23(40-28(29)19-7-8-22(35)26(34)25(19)33)20(15-3-4-15)13-39-30(41)16-9-17(12-38-18-5-6-18)27(36)24(10-16)43-2/h7-12,15,18,20H,3-6,13-14,36H2,1-2H3,(H2,37,42)(H,39,41)/t20-,32-/m0/s1. The second-order valence-electron chi connectivity index (χ2n) is 11.8. The molecule has 230 valence electrons.